The molecule has 4 heterocycles. The third kappa shape index (κ3) is 4.09. The Bertz CT molecular complexity index is 841. The molecule has 2 aromatic rings. The molecule has 7 nitrogen and oxygen atoms in total. The molecule has 0 spiro atoms. The number of imidazole rings is 1. The van der Waals surface area contributed by atoms with Crippen LogP contribution in [-0.4, -0.2) is 56.5 Å². The van der Waals surface area contributed by atoms with Crippen molar-refractivity contribution in [3.8, 4) is 0 Å². The number of hydrogen-bond donors (Lipinski definition) is 0. The summed E-state index contributed by atoms with van der Waals surface area (Å²) in [5, 5.41) is 0. The Morgan fingerprint density at radius 1 is 1.10 bits per heavy atom. The van der Waals surface area contributed by atoms with Crippen molar-refractivity contribution in [2.45, 2.75) is 71.8 Å². The molecule has 2 aliphatic heterocycles. The number of hydrogen-bond acceptors (Lipinski definition) is 5. The maximum Gasteiger partial charge on any atom is 0.227 e. The van der Waals surface area contributed by atoms with Gasteiger partial charge in [-0.05, 0) is 38.5 Å². The summed E-state index contributed by atoms with van der Waals surface area (Å²) < 4.78 is 2.28. The lowest BCUT2D eigenvalue weighted by atomic mass is 9.96. The molecule has 0 N–H and O–H groups in total. The third-order valence-corrected chi connectivity index (χ3v) is 6.24. The Kier molecular flexibility index (Phi) is 6.31. The monoisotopic (exact) mass is 398 g/mol. The molecule has 0 saturated carbocycles. The second-order valence-corrected chi connectivity index (χ2v) is 8.47. The molecule has 2 aliphatic rings. The molecule has 2 aromatic heterocycles. The Hall–Kier alpha value is -2.18. The summed E-state index contributed by atoms with van der Waals surface area (Å²) in [5.74, 6) is 2.41. The van der Waals surface area contributed by atoms with Crippen molar-refractivity contribution in [1.29, 1.82) is 0 Å². The van der Waals surface area contributed by atoms with E-state index in [1.54, 1.807) is 6.33 Å². The van der Waals surface area contributed by atoms with E-state index in [0.29, 0.717) is 5.91 Å². The Morgan fingerprint density at radius 2 is 1.93 bits per heavy atom. The molecular weight excluding hydrogens is 364 g/mol. The minimum absolute atomic E-state index is 0.0484. The van der Waals surface area contributed by atoms with Crippen LogP contribution in [0.4, 0.5) is 5.82 Å². The number of aromatic nitrogens is 4. The van der Waals surface area contributed by atoms with Crippen molar-refractivity contribution in [2.24, 2.45) is 5.92 Å². The van der Waals surface area contributed by atoms with E-state index in [1.807, 2.05) is 0 Å². The minimum Gasteiger partial charge on any atom is -0.354 e. The summed E-state index contributed by atoms with van der Waals surface area (Å²) >= 11 is 0. The van der Waals surface area contributed by atoms with E-state index < -0.39 is 0 Å². The molecule has 1 atom stereocenters. The fourth-order valence-electron chi connectivity index (χ4n) is 4.86. The average Bonchev–Trinajstić information content (AvgIpc) is 2.94. The highest BCUT2D eigenvalue weighted by molar-refractivity contribution is 5.85. The van der Waals surface area contributed by atoms with E-state index in [2.05, 4.69) is 38.2 Å². The van der Waals surface area contributed by atoms with Crippen molar-refractivity contribution < 1.29 is 4.79 Å². The van der Waals surface area contributed by atoms with Crippen LogP contribution in [0.25, 0.3) is 11.2 Å². The van der Waals surface area contributed by atoms with Crippen LogP contribution in [0.15, 0.2) is 6.33 Å². The number of amides is 1. The zero-order valence-corrected chi connectivity index (χ0v) is 17.9. The molecule has 1 saturated heterocycles. The highest BCUT2D eigenvalue weighted by atomic mass is 16.2. The van der Waals surface area contributed by atoms with Crippen LogP contribution in [0.1, 0.15) is 64.6 Å². The van der Waals surface area contributed by atoms with E-state index in [-0.39, 0.29) is 5.92 Å². The zero-order chi connectivity index (χ0) is 20.2. The molecule has 7 heteroatoms. The van der Waals surface area contributed by atoms with Gasteiger partial charge in [-0.15, -0.1) is 0 Å². The van der Waals surface area contributed by atoms with Gasteiger partial charge >= 0.3 is 0 Å². The summed E-state index contributed by atoms with van der Waals surface area (Å²) in [5.41, 5.74) is 1.87. The summed E-state index contributed by atoms with van der Waals surface area (Å²) in [6, 6.07) is 0. The Morgan fingerprint density at radius 3 is 2.72 bits per heavy atom. The first kappa shape index (κ1) is 20.1. The summed E-state index contributed by atoms with van der Waals surface area (Å²) in [7, 11) is 0. The predicted octanol–water partition coefficient (Wildman–Crippen LogP) is 3.42. The van der Waals surface area contributed by atoms with Gasteiger partial charge in [-0.3, -0.25) is 4.79 Å². The lowest BCUT2D eigenvalue weighted by Gasteiger charge is -2.35. The number of carbonyl (C=O) groups is 1. The second kappa shape index (κ2) is 9.09. The first-order valence-electron chi connectivity index (χ1n) is 11.5. The van der Waals surface area contributed by atoms with Crippen molar-refractivity contribution in [2.75, 3.05) is 31.1 Å². The summed E-state index contributed by atoms with van der Waals surface area (Å²) in [6.07, 6.45) is 10.3. The number of piperidine rings is 1. The molecular formula is C22H34N6O. The lowest BCUT2D eigenvalue weighted by molar-refractivity contribution is -0.135. The van der Waals surface area contributed by atoms with Gasteiger partial charge in [0.1, 0.15) is 12.2 Å². The van der Waals surface area contributed by atoms with E-state index in [0.717, 1.165) is 87.6 Å². The van der Waals surface area contributed by atoms with Crippen molar-refractivity contribution in [3.05, 3.63) is 12.2 Å². The highest BCUT2D eigenvalue weighted by Gasteiger charge is 2.31. The molecule has 0 bridgehead atoms. The fraction of sp³-hybridized carbons (Fsp3) is 0.727. The topological polar surface area (TPSA) is 67.2 Å². The van der Waals surface area contributed by atoms with Crippen LogP contribution in [0, 0.1) is 5.92 Å². The normalized spacial score (nSPS) is 19.8. The van der Waals surface area contributed by atoms with E-state index in [1.165, 1.54) is 19.3 Å². The number of anilines is 1. The van der Waals surface area contributed by atoms with Gasteiger partial charge in [0.2, 0.25) is 5.91 Å². The molecule has 1 fully saturated rings. The van der Waals surface area contributed by atoms with Gasteiger partial charge in [0.05, 0.1) is 5.92 Å². The molecule has 1 amide bonds. The van der Waals surface area contributed by atoms with Crippen LogP contribution < -0.4 is 4.90 Å². The highest BCUT2D eigenvalue weighted by Crippen LogP contribution is 2.30. The number of fused-ring (bicyclic) bond motifs is 3. The third-order valence-electron chi connectivity index (χ3n) is 6.24. The predicted molar refractivity (Wildman–Crippen MR) is 115 cm³/mol. The van der Waals surface area contributed by atoms with Gasteiger partial charge in [0.25, 0.3) is 0 Å². The molecule has 0 radical (unpaired) electrons. The van der Waals surface area contributed by atoms with Gasteiger partial charge in [-0.25, -0.2) is 15.0 Å². The largest absolute Gasteiger partial charge is 0.354 e. The van der Waals surface area contributed by atoms with Gasteiger partial charge < -0.3 is 14.4 Å². The average molecular weight is 399 g/mol. The molecule has 0 aliphatic carbocycles. The standard InChI is InChI=1S/C22H34N6O/c1-3-11-26(12-4-2)22(29)17-9-8-13-27(15-17)20-19-21(24-16-23-20)28-14-7-5-6-10-18(28)25-19/h16-17H,3-15H2,1-2H3/t17-/m0/s1. The number of aryl methyl sites for hydroxylation is 2. The van der Waals surface area contributed by atoms with Crippen molar-refractivity contribution in [1.82, 2.24) is 24.4 Å². The molecule has 4 rings (SSSR count). The van der Waals surface area contributed by atoms with Crippen molar-refractivity contribution >= 4 is 22.9 Å². The first-order valence-corrected chi connectivity index (χ1v) is 11.5. The smallest absolute Gasteiger partial charge is 0.227 e. The van der Waals surface area contributed by atoms with Gasteiger partial charge in [0.15, 0.2) is 17.0 Å². The Labute approximate surface area is 173 Å². The van der Waals surface area contributed by atoms with Crippen LogP contribution in [0.5, 0.6) is 0 Å². The quantitative estimate of drug-likeness (QED) is 0.746. The van der Waals surface area contributed by atoms with Gasteiger partial charge in [-0.1, -0.05) is 20.3 Å². The van der Waals surface area contributed by atoms with Gasteiger partial charge in [0, 0.05) is 39.1 Å². The maximum atomic E-state index is 13.2. The number of carbonyl (C=O) groups excluding carboxylic acids is 1. The number of rotatable bonds is 6. The van der Waals surface area contributed by atoms with E-state index in [4.69, 9.17) is 4.98 Å². The van der Waals surface area contributed by atoms with E-state index in [9.17, 15) is 4.79 Å². The van der Waals surface area contributed by atoms with Crippen LogP contribution >= 0.6 is 0 Å². The second-order valence-electron chi connectivity index (χ2n) is 8.47. The Balaban J connectivity index is 1.58. The molecule has 0 unspecified atom stereocenters. The summed E-state index contributed by atoms with van der Waals surface area (Å²) in [6.45, 7) is 8.65. The van der Waals surface area contributed by atoms with E-state index >= 15 is 0 Å². The lowest BCUT2D eigenvalue weighted by Crippen LogP contribution is -2.45. The zero-order valence-electron chi connectivity index (χ0n) is 17.9. The molecule has 0 aromatic carbocycles. The number of nitrogens with zero attached hydrogens (tertiary/aromatic N) is 6. The van der Waals surface area contributed by atoms with Crippen LogP contribution in [0.2, 0.25) is 0 Å². The van der Waals surface area contributed by atoms with Crippen LogP contribution in [-0.2, 0) is 17.8 Å². The first-order chi connectivity index (χ1) is 14.2. The maximum absolute atomic E-state index is 13.2. The van der Waals surface area contributed by atoms with Crippen LogP contribution in [0.3, 0.4) is 0 Å². The van der Waals surface area contributed by atoms with Crippen molar-refractivity contribution in [3.63, 3.8) is 0 Å². The SMILES string of the molecule is CCCN(CCC)C(=O)[C@H]1CCCN(c2ncnc3c2nc2n3CCCCC2)C1. The fourth-order valence-corrected chi connectivity index (χ4v) is 4.86. The minimum atomic E-state index is 0.0484. The molecule has 29 heavy (non-hydrogen) atoms. The summed E-state index contributed by atoms with van der Waals surface area (Å²) in [4.78, 5) is 31.6. The molecule has 158 valence electrons. The van der Waals surface area contributed by atoms with Gasteiger partial charge in [-0.2, -0.15) is 0 Å².